The molecule has 0 spiro atoms. The number of rotatable bonds is 4. The maximum Gasteiger partial charge on any atom is 0.228 e. The molecule has 5 heteroatoms. The van der Waals surface area contributed by atoms with Crippen molar-refractivity contribution >= 4 is 11.8 Å². The van der Waals surface area contributed by atoms with Crippen LogP contribution in [0.2, 0.25) is 0 Å². The Hall–Kier alpha value is -2.04. The van der Waals surface area contributed by atoms with Crippen LogP contribution in [-0.2, 0) is 9.59 Å². The lowest BCUT2D eigenvalue weighted by Crippen LogP contribution is -2.58. The molecule has 0 radical (unpaired) electrons. The summed E-state index contributed by atoms with van der Waals surface area (Å²) in [7, 11) is 0. The normalized spacial score (nSPS) is 24.2. The van der Waals surface area contributed by atoms with Crippen LogP contribution < -0.4 is 4.74 Å². The lowest BCUT2D eigenvalue weighted by Gasteiger charge is -2.40. The lowest BCUT2D eigenvalue weighted by molar-refractivity contribution is -0.144. The first kappa shape index (κ1) is 15.5. The molecular weight excluding hydrogens is 304 g/mol. The van der Waals surface area contributed by atoms with Crippen LogP contribution in [0.15, 0.2) is 18.2 Å². The Labute approximate surface area is 142 Å². The van der Waals surface area contributed by atoms with Gasteiger partial charge < -0.3 is 14.5 Å². The molecule has 3 aliphatic rings. The van der Waals surface area contributed by atoms with E-state index in [1.165, 1.54) is 0 Å². The molecule has 1 aliphatic carbocycles. The quantitative estimate of drug-likeness (QED) is 0.848. The molecule has 1 aromatic carbocycles. The number of ether oxygens (including phenoxy) is 1. The van der Waals surface area contributed by atoms with Crippen LogP contribution >= 0.6 is 0 Å². The van der Waals surface area contributed by atoms with E-state index >= 15 is 0 Å². The Balaban J connectivity index is 1.31. The van der Waals surface area contributed by atoms with Crippen LogP contribution in [0.3, 0.4) is 0 Å². The number of amides is 2. The van der Waals surface area contributed by atoms with E-state index in [1.54, 1.807) is 0 Å². The Bertz CT molecular complexity index is 657. The molecule has 24 heavy (non-hydrogen) atoms. The molecule has 128 valence electrons. The van der Waals surface area contributed by atoms with Crippen LogP contribution in [0.1, 0.15) is 30.4 Å². The predicted octanol–water partition coefficient (Wildman–Crippen LogP) is 1.90. The zero-order chi connectivity index (χ0) is 16.8. The summed E-state index contributed by atoms with van der Waals surface area (Å²) in [5, 5.41) is 0. The summed E-state index contributed by atoms with van der Waals surface area (Å²) in [5.41, 5.74) is 2.25. The zero-order valence-corrected chi connectivity index (χ0v) is 14.3. The highest BCUT2D eigenvalue weighted by Gasteiger charge is 2.45. The van der Waals surface area contributed by atoms with Gasteiger partial charge >= 0.3 is 0 Å². The summed E-state index contributed by atoms with van der Waals surface area (Å²) < 4.78 is 6.07. The van der Waals surface area contributed by atoms with Crippen molar-refractivity contribution in [3.63, 3.8) is 0 Å². The van der Waals surface area contributed by atoms with Gasteiger partial charge in [-0.25, -0.2) is 0 Å². The molecule has 0 bridgehead atoms. The van der Waals surface area contributed by atoms with Gasteiger partial charge in [-0.2, -0.15) is 0 Å². The van der Waals surface area contributed by atoms with Gasteiger partial charge in [0.15, 0.2) is 0 Å². The summed E-state index contributed by atoms with van der Waals surface area (Å²) in [6.45, 7) is 5.95. The molecule has 5 nitrogen and oxygen atoms in total. The number of carbonyl (C=O) groups excluding carboxylic acids is 2. The third kappa shape index (κ3) is 2.76. The first-order valence-corrected chi connectivity index (χ1v) is 8.84. The van der Waals surface area contributed by atoms with Gasteiger partial charge in [0.1, 0.15) is 11.9 Å². The molecule has 3 fully saturated rings. The van der Waals surface area contributed by atoms with Crippen molar-refractivity contribution in [2.24, 2.45) is 5.92 Å². The number of benzene rings is 1. The predicted molar refractivity (Wildman–Crippen MR) is 89.8 cm³/mol. The van der Waals surface area contributed by atoms with Gasteiger partial charge in [-0.05, 0) is 37.8 Å². The van der Waals surface area contributed by atoms with Crippen molar-refractivity contribution in [3.05, 3.63) is 29.3 Å². The number of likely N-dealkylation sites (tertiary alicyclic amines) is 2. The largest absolute Gasteiger partial charge is 0.486 e. The van der Waals surface area contributed by atoms with E-state index < -0.39 is 0 Å². The highest BCUT2D eigenvalue weighted by atomic mass is 16.5. The molecule has 1 unspecified atom stereocenters. The van der Waals surface area contributed by atoms with E-state index in [0.717, 1.165) is 29.7 Å². The van der Waals surface area contributed by atoms with Gasteiger partial charge in [-0.15, -0.1) is 0 Å². The maximum absolute atomic E-state index is 12.6. The zero-order valence-electron chi connectivity index (χ0n) is 14.3. The topological polar surface area (TPSA) is 49.9 Å². The van der Waals surface area contributed by atoms with Gasteiger partial charge in [-0.1, -0.05) is 18.2 Å². The fraction of sp³-hybridized carbons (Fsp3) is 0.579. The summed E-state index contributed by atoms with van der Waals surface area (Å²) in [6, 6.07) is 6.52. The second kappa shape index (κ2) is 5.80. The molecule has 1 aromatic rings. The minimum atomic E-state index is -0.153. The summed E-state index contributed by atoms with van der Waals surface area (Å²) in [6.07, 6.45) is 2.64. The van der Waals surface area contributed by atoms with Gasteiger partial charge in [0.05, 0.1) is 19.0 Å². The maximum atomic E-state index is 12.6. The molecule has 2 heterocycles. The van der Waals surface area contributed by atoms with Gasteiger partial charge in [-0.3, -0.25) is 9.59 Å². The molecule has 2 saturated heterocycles. The SMILES string of the molecule is Cc1cccc(C)c1OC1CN(C(=O)C2CC(=O)N(C3CC3)C2)C1. The second-order valence-corrected chi connectivity index (χ2v) is 7.38. The molecule has 4 rings (SSSR count). The summed E-state index contributed by atoms with van der Waals surface area (Å²) in [4.78, 5) is 28.3. The standard InChI is InChI=1S/C19H24N2O3/c1-12-4-3-5-13(2)18(12)24-16-10-20(11-16)19(23)14-8-17(22)21(9-14)15-6-7-15/h3-5,14-16H,6-11H2,1-2H3. The number of hydrogen-bond donors (Lipinski definition) is 0. The van der Waals surface area contributed by atoms with Crippen LogP contribution in [0, 0.1) is 19.8 Å². The van der Waals surface area contributed by atoms with Crippen LogP contribution in [0.4, 0.5) is 0 Å². The smallest absolute Gasteiger partial charge is 0.228 e. The number of nitrogens with zero attached hydrogens (tertiary/aromatic N) is 2. The Morgan fingerprint density at radius 2 is 1.79 bits per heavy atom. The number of hydrogen-bond acceptors (Lipinski definition) is 3. The van der Waals surface area contributed by atoms with E-state index in [9.17, 15) is 9.59 Å². The lowest BCUT2D eigenvalue weighted by atomic mass is 10.0. The van der Waals surface area contributed by atoms with E-state index in [-0.39, 0.29) is 23.8 Å². The van der Waals surface area contributed by atoms with Gasteiger partial charge in [0, 0.05) is 19.0 Å². The third-order valence-electron chi connectivity index (χ3n) is 5.35. The van der Waals surface area contributed by atoms with E-state index in [1.807, 2.05) is 41.8 Å². The average molecular weight is 328 g/mol. The third-order valence-corrected chi connectivity index (χ3v) is 5.35. The minimum Gasteiger partial charge on any atom is -0.486 e. The van der Waals surface area contributed by atoms with E-state index in [4.69, 9.17) is 4.74 Å². The van der Waals surface area contributed by atoms with E-state index in [2.05, 4.69) is 0 Å². The molecule has 2 amide bonds. The van der Waals surface area contributed by atoms with Crippen molar-refractivity contribution in [1.82, 2.24) is 9.80 Å². The van der Waals surface area contributed by atoms with Crippen molar-refractivity contribution in [2.45, 2.75) is 45.3 Å². The summed E-state index contributed by atoms with van der Waals surface area (Å²) >= 11 is 0. The minimum absolute atomic E-state index is 0.0605. The van der Waals surface area contributed by atoms with Crippen molar-refractivity contribution in [2.75, 3.05) is 19.6 Å². The summed E-state index contributed by atoms with van der Waals surface area (Å²) in [5.74, 6) is 1.05. The average Bonchev–Trinajstić information content (AvgIpc) is 3.27. The second-order valence-electron chi connectivity index (χ2n) is 7.38. The molecule has 0 aromatic heterocycles. The Morgan fingerprint density at radius 1 is 1.12 bits per heavy atom. The highest BCUT2D eigenvalue weighted by Crippen LogP contribution is 2.34. The Kier molecular flexibility index (Phi) is 3.74. The first-order valence-electron chi connectivity index (χ1n) is 8.84. The molecule has 1 atom stereocenters. The van der Waals surface area contributed by atoms with Gasteiger partial charge in [0.25, 0.3) is 0 Å². The molecule has 0 N–H and O–H groups in total. The fourth-order valence-corrected chi connectivity index (χ4v) is 3.74. The highest BCUT2D eigenvalue weighted by molar-refractivity contribution is 5.90. The number of para-hydroxylation sites is 1. The van der Waals surface area contributed by atoms with Gasteiger partial charge in [0.2, 0.25) is 11.8 Å². The molecule has 2 aliphatic heterocycles. The van der Waals surface area contributed by atoms with Crippen LogP contribution in [0.5, 0.6) is 5.75 Å². The van der Waals surface area contributed by atoms with E-state index in [0.29, 0.717) is 32.1 Å². The van der Waals surface area contributed by atoms with Crippen LogP contribution in [0.25, 0.3) is 0 Å². The molecular formula is C19H24N2O3. The first-order chi connectivity index (χ1) is 11.5. The Morgan fingerprint density at radius 3 is 2.42 bits per heavy atom. The fourth-order valence-electron chi connectivity index (χ4n) is 3.74. The molecule has 1 saturated carbocycles. The van der Waals surface area contributed by atoms with Crippen molar-refractivity contribution in [3.8, 4) is 5.75 Å². The number of carbonyl (C=O) groups is 2. The van der Waals surface area contributed by atoms with Crippen molar-refractivity contribution in [1.29, 1.82) is 0 Å². The monoisotopic (exact) mass is 328 g/mol. The van der Waals surface area contributed by atoms with Crippen LogP contribution in [-0.4, -0.2) is 53.4 Å². The van der Waals surface area contributed by atoms with Crippen molar-refractivity contribution < 1.29 is 14.3 Å². The number of aryl methyl sites for hydroxylation is 2.